The van der Waals surface area contributed by atoms with Crippen LogP contribution in [0.2, 0.25) is 5.02 Å². The Morgan fingerprint density at radius 2 is 1.93 bits per heavy atom. The average molecular weight is 439 g/mol. The van der Waals surface area contributed by atoms with Crippen LogP contribution in [0.1, 0.15) is 62.6 Å². The molecular weight excluding hydrogens is 411 g/mol. The van der Waals surface area contributed by atoms with Gasteiger partial charge in [-0.1, -0.05) is 11.6 Å². The smallest absolute Gasteiger partial charge is 0.410 e. The lowest BCUT2D eigenvalue weighted by molar-refractivity contribution is 0.00110. The number of furan rings is 1. The van der Waals surface area contributed by atoms with Gasteiger partial charge in [0.25, 0.3) is 0 Å². The summed E-state index contributed by atoms with van der Waals surface area (Å²) in [6.45, 7) is 7.66. The number of rotatable bonds is 4. The monoisotopic (exact) mass is 438 g/mol. The van der Waals surface area contributed by atoms with Crippen molar-refractivity contribution in [2.75, 3.05) is 18.8 Å². The van der Waals surface area contributed by atoms with Crippen molar-refractivity contribution in [3.8, 4) is 0 Å². The molecular formula is C22H28ClFN2O4. The molecule has 1 aromatic carbocycles. The van der Waals surface area contributed by atoms with Crippen LogP contribution in [0.3, 0.4) is 0 Å². The van der Waals surface area contributed by atoms with Crippen LogP contribution in [0, 0.1) is 6.92 Å². The van der Waals surface area contributed by atoms with E-state index in [2.05, 4.69) is 0 Å². The normalized spacial score (nSPS) is 16.7. The highest BCUT2D eigenvalue weighted by atomic mass is 35.5. The highest BCUT2D eigenvalue weighted by Gasteiger charge is 2.37. The molecule has 1 saturated heterocycles. The Hall–Kier alpha value is -2.28. The highest BCUT2D eigenvalue weighted by molar-refractivity contribution is 6.35. The standard InChI is InChI=1S/C22H28ClFN2O4/c1-13-11-15-18(25)16(23)12-14(19(15)29-13)17(27)5-6-22(24)7-9-26(10-8-22)20(28)30-21(2,3)4/h11-12H,5-10,25H2,1-4H3. The average Bonchev–Trinajstić information content (AvgIpc) is 3.04. The maximum Gasteiger partial charge on any atom is 0.410 e. The van der Waals surface area contributed by atoms with Crippen molar-refractivity contribution in [1.29, 1.82) is 0 Å². The Bertz CT molecular complexity index is 972. The molecule has 0 spiro atoms. The number of aryl methyl sites for hydroxylation is 1. The second-order valence-corrected chi connectivity index (χ2v) is 9.37. The third-order valence-corrected chi connectivity index (χ3v) is 5.64. The summed E-state index contributed by atoms with van der Waals surface area (Å²) in [5.41, 5.74) is 4.93. The molecule has 0 unspecified atom stereocenters. The van der Waals surface area contributed by atoms with Crippen LogP contribution in [-0.2, 0) is 4.74 Å². The third-order valence-electron chi connectivity index (χ3n) is 5.33. The Morgan fingerprint density at radius 1 is 1.30 bits per heavy atom. The predicted octanol–water partition coefficient (Wildman–Crippen LogP) is 5.68. The van der Waals surface area contributed by atoms with Crippen LogP contribution in [0.15, 0.2) is 16.5 Å². The van der Waals surface area contributed by atoms with Crippen molar-refractivity contribution in [2.24, 2.45) is 0 Å². The number of likely N-dealkylation sites (tertiary alicyclic amines) is 1. The van der Waals surface area contributed by atoms with Crippen LogP contribution in [0.25, 0.3) is 11.0 Å². The van der Waals surface area contributed by atoms with Gasteiger partial charge in [-0.3, -0.25) is 4.79 Å². The van der Waals surface area contributed by atoms with E-state index in [4.69, 9.17) is 26.5 Å². The molecule has 1 amide bonds. The molecule has 164 valence electrons. The molecule has 0 radical (unpaired) electrons. The zero-order chi connectivity index (χ0) is 22.3. The lowest BCUT2D eigenvalue weighted by atomic mass is 9.87. The summed E-state index contributed by atoms with van der Waals surface area (Å²) < 4.78 is 26.3. The number of nitrogen functional groups attached to an aromatic ring is 1. The number of piperidine rings is 1. The number of anilines is 1. The van der Waals surface area contributed by atoms with E-state index in [9.17, 15) is 9.59 Å². The van der Waals surface area contributed by atoms with Crippen LogP contribution in [0.5, 0.6) is 0 Å². The lowest BCUT2D eigenvalue weighted by Crippen LogP contribution is -2.46. The molecule has 3 rings (SSSR count). The first-order chi connectivity index (χ1) is 13.9. The van der Waals surface area contributed by atoms with Gasteiger partial charge in [0.1, 0.15) is 22.6 Å². The number of nitrogens with two attached hydrogens (primary N) is 1. The van der Waals surface area contributed by atoms with E-state index >= 15 is 4.39 Å². The summed E-state index contributed by atoms with van der Waals surface area (Å²) in [5.74, 6) is 0.368. The topological polar surface area (TPSA) is 85.8 Å². The molecule has 1 aromatic heterocycles. The number of halogens is 2. The van der Waals surface area contributed by atoms with E-state index in [-0.39, 0.29) is 49.6 Å². The van der Waals surface area contributed by atoms with Crippen LogP contribution < -0.4 is 5.73 Å². The first kappa shape index (κ1) is 22.4. The number of alkyl halides is 1. The second-order valence-electron chi connectivity index (χ2n) is 8.96. The number of benzene rings is 1. The fraction of sp³-hybridized carbons (Fsp3) is 0.545. The van der Waals surface area contributed by atoms with Gasteiger partial charge in [0, 0.05) is 24.9 Å². The summed E-state index contributed by atoms with van der Waals surface area (Å²) in [4.78, 5) is 26.5. The van der Waals surface area contributed by atoms with E-state index in [0.717, 1.165) is 0 Å². The zero-order valence-electron chi connectivity index (χ0n) is 17.8. The van der Waals surface area contributed by atoms with Gasteiger partial charge in [-0.05, 0) is 59.1 Å². The second kappa shape index (κ2) is 8.10. The maximum atomic E-state index is 15.3. The molecule has 2 N–H and O–H groups in total. The molecule has 8 heteroatoms. The van der Waals surface area contributed by atoms with Crippen molar-refractivity contribution in [2.45, 2.75) is 64.6 Å². The SMILES string of the molecule is Cc1cc2c(N)c(Cl)cc(C(=O)CCC3(F)CCN(C(=O)OC(C)(C)C)CC3)c2o1. The predicted molar refractivity (Wildman–Crippen MR) is 115 cm³/mol. The van der Waals surface area contributed by atoms with Gasteiger partial charge in [0.15, 0.2) is 5.78 Å². The molecule has 30 heavy (non-hydrogen) atoms. The van der Waals surface area contributed by atoms with E-state index in [0.29, 0.717) is 28.0 Å². The number of ether oxygens (including phenoxy) is 1. The van der Waals surface area contributed by atoms with Crippen molar-refractivity contribution in [1.82, 2.24) is 4.90 Å². The number of nitrogens with zero attached hydrogens (tertiary/aromatic N) is 1. The van der Waals surface area contributed by atoms with Gasteiger partial charge in [0.05, 0.1) is 16.3 Å². The molecule has 1 aliphatic rings. The van der Waals surface area contributed by atoms with Crippen molar-refractivity contribution >= 4 is 40.1 Å². The summed E-state index contributed by atoms with van der Waals surface area (Å²) in [6, 6.07) is 3.22. The van der Waals surface area contributed by atoms with Crippen molar-refractivity contribution < 1.29 is 23.1 Å². The number of carbonyl (C=O) groups excluding carboxylic acids is 2. The first-order valence-electron chi connectivity index (χ1n) is 10.1. The number of carbonyl (C=O) groups is 2. The minimum atomic E-state index is -1.51. The van der Waals surface area contributed by atoms with Crippen molar-refractivity contribution in [3.63, 3.8) is 0 Å². The summed E-state index contributed by atoms with van der Waals surface area (Å²) in [5, 5.41) is 0.858. The summed E-state index contributed by atoms with van der Waals surface area (Å²) in [7, 11) is 0. The zero-order valence-corrected chi connectivity index (χ0v) is 18.6. The molecule has 2 heterocycles. The van der Waals surface area contributed by atoms with Gasteiger partial charge < -0.3 is 19.8 Å². The van der Waals surface area contributed by atoms with Gasteiger partial charge in [-0.25, -0.2) is 9.18 Å². The Balaban J connectivity index is 1.64. The summed E-state index contributed by atoms with van der Waals surface area (Å²) >= 11 is 6.17. The largest absolute Gasteiger partial charge is 0.461 e. The fourth-order valence-corrected chi connectivity index (χ4v) is 3.87. The maximum absolute atomic E-state index is 15.3. The fourth-order valence-electron chi connectivity index (χ4n) is 3.66. The van der Waals surface area contributed by atoms with E-state index in [1.54, 1.807) is 33.8 Å². The van der Waals surface area contributed by atoms with Gasteiger partial charge >= 0.3 is 6.09 Å². The summed E-state index contributed by atoms with van der Waals surface area (Å²) in [6.07, 6.45) is -0.0308. The molecule has 2 aromatic rings. The number of fused-ring (bicyclic) bond motifs is 1. The molecule has 6 nitrogen and oxygen atoms in total. The van der Waals surface area contributed by atoms with Crippen LogP contribution in [-0.4, -0.2) is 41.1 Å². The van der Waals surface area contributed by atoms with Gasteiger partial charge in [0.2, 0.25) is 0 Å². The van der Waals surface area contributed by atoms with Gasteiger partial charge in [-0.2, -0.15) is 0 Å². The molecule has 0 saturated carbocycles. The number of hydrogen-bond donors (Lipinski definition) is 1. The number of amides is 1. The van der Waals surface area contributed by atoms with E-state index in [1.165, 1.54) is 11.0 Å². The number of hydrogen-bond acceptors (Lipinski definition) is 5. The first-order valence-corrected chi connectivity index (χ1v) is 10.4. The molecule has 0 bridgehead atoms. The Kier molecular flexibility index (Phi) is 6.05. The molecule has 0 aliphatic carbocycles. The van der Waals surface area contributed by atoms with E-state index < -0.39 is 17.4 Å². The molecule has 1 fully saturated rings. The number of ketones is 1. The molecule has 0 atom stereocenters. The van der Waals surface area contributed by atoms with Crippen LogP contribution >= 0.6 is 11.6 Å². The number of Topliss-reactive ketones (excluding diaryl/α,β-unsaturated/α-hetero) is 1. The third kappa shape index (κ3) is 4.89. The minimum Gasteiger partial charge on any atom is -0.461 e. The highest BCUT2D eigenvalue weighted by Crippen LogP contribution is 2.36. The molecule has 1 aliphatic heterocycles. The lowest BCUT2D eigenvalue weighted by Gasteiger charge is -2.37. The van der Waals surface area contributed by atoms with Crippen LogP contribution in [0.4, 0.5) is 14.9 Å². The van der Waals surface area contributed by atoms with E-state index in [1.807, 2.05) is 0 Å². The minimum absolute atomic E-state index is 0.0119. The van der Waals surface area contributed by atoms with Crippen molar-refractivity contribution in [3.05, 3.63) is 28.5 Å². The van der Waals surface area contributed by atoms with Gasteiger partial charge in [-0.15, -0.1) is 0 Å². The Morgan fingerprint density at radius 3 is 2.53 bits per heavy atom. The Labute approximate surface area is 180 Å². The quantitative estimate of drug-likeness (QED) is 0.490.